The normalized spacial score (nSPS) is 15.5. The number of aryl methyl sites for hydroxylation is 1. The van der Waals surface area contributed by atoms with Crippen LogP contribution in [0.2, 0.25) is 0 Å². The third kappa shape index (κ3) is 2.06. The SMILES string of the molecule is COCC1=NN(c2cc(C)ncn2)C(=O)C1. The first kappa shape index (κ1) is 10.7. The summed E-state index contributed by atoms with van der Waals surface area (Å²) in [5, 5.41) is 5.45. The van der Waals surface area contributed by atoms with Gasteiger partial charge in [0.1, 0.15) is 6.33 Å². The van der Waals surface area contributed by atoms with Gasteiger partial charge in [-0.3, -0.25) is 4.79 Å². The van der Waals surface area contributed by atoms with Gasteiger partial charge in [-0.15, -0.1) is 0 Å². The summed E-state index contributed by atoms with van der Waals surface area (Å²) in [5.41, 5.74) is 1.51. The summed E-state index contributed by atoms with van der Waals surface area (Å²) in [5.74, 6) is 0.411. The molecular weight excluding hydrogens is 208 g/mol. The van der Waals surface area contributed by atoms with Gasteiger partial charge >= 0.3 is 0 Å². The smallest absolute Gasteiger partial charge is 0.254 e. The van der Waals surface area contributed by atoms with Crippen molar-refractivity contribution in [2.45, 2.75) is 13.3 Å². The lowest BCUT2D eigenvalue weighted by molar-refractivity contribution is -0.117. The molecule has 0 saturated heterocycles. The van der Waals surface area contributed by atoms with Gasteiger partial charge in [0, 0.05) is 18.9 Å². The number of hydrazone groups is 1. The first-order valence-corrected chi connectivity index (χ1v) is 4.87. The highest BCUT2D eigenvalue weighted by Gasteiger charge is 2.25. The summed E-state index contributed by atoms with van der Waals surface area (Å²) in [7, 11) is 1.57. The quantitative estimate of drug-likeness (QED) is 0.745. The van der Waals surface area contributed by atoms with Gasteiger partial charge in [-0.1, -0.05) is 0 Å². The Balaban J connectivity index is 2.24. The molecule has 1 aromatic heterocycles. The molecule has 6 nitrogen and oxygen atoms in total. The lowest BCUT2D eigenvalue weighted by atomic mass is 10.3. The van der Waals surface area contributed by atoms with E-state index in [1.165, 1.54) is 11.3 Å². The maximum absolute atomic E-state index is 11.7. The molecule has 16 heavy (non-hydrogen) atoms. The zero-order valence-electron chi connectivity index (χ0n) is 9.17. The second-order valence-electron chi connectivity index (χ2n) is 3.50. The summed E-state index contributed by atoms with van der Waals surface area (Å²) >= 11 is 0. The molecule has 0 fully saturated rings. The number of rotatable bonds is 3. The Morgan fingerprint density at radius 2 is 2.31 bits per heavy atom. The molecule has 6 heteroatoms. The van der Waals surface area contributed by atoms with Crippen molar-refractivity contribution >= 4 is 17.4 Å². The van der Waals surface area contributed by atoms with Gasteiger partial charge in [0.05, 0.1) is 18.7 Å². The van der Waals surface area contributed by atoms with Crippen LogP contribution in [0, 0.1) is 6.92 Å². The molecule has 0 saturated carbocycles. The van der Waals surface area contributed by atoms with Crippen LogP contribution in [0.5, 0.6) is 0 Å². The lowest BCUT2D eigenvalue weighted by Crippen LogP contribution is -2.20. The van der Waals surface area contributed by atoms with E-state index < -0.39 is 0 Å². The van der Waals surface area contributed by atoms with Crippen LogP contribution in [0.25, 0.3) is 0 Å². The lowest BCUT2D eigenvalue weighted by Gasteiger charge is -2.09. The average Bonchev–Trinajstić information content (AvgIpc) is 2.60. The van der Waals surface area contributed by atoms with Gasteiger partial charge in [-0.25, -0.2) is 9.97 Å². The summed E-state index contributed by atoms with van der Waals surface area (Å²) in [6.45, 7) is 2.21. The molecular formula is C10H12N4O2. The highest BCUT2D eigenvalue weighted by atomic mass is 16.5. The van der Waals surface area contributed by atoms with Gasteiger partial charge < -0.3 is 4.74 Å². The molecule has 1 aliphatic heterocycles. The number of ether oxygens (including phenoxy) is 1. The Morgan fingerprint density at radius 3 is 3.00 bits per heavy atom. The molecule has 1 aliphatic rings. The third-order valence-electron chi connectivity index (χ3n) is 2.15. The van der Waals surface area contributed by atoms with Crippen LogP contribution in [0.1, 0.15) is 12.1 Å². The number of methoxy groups -OCH3 is 1. The Morgan fingerprint density at radius 1 is 1.50 bits per heavy atom. The van der Waals surface area contributed by atoms with E-state index in [1.54, 1.807) is 13.2 Å². The van der Waals surface area contributed by atoms with Crippen molar-refractivity contribution in [1.29, 1.82) is 0 Å². The maximum atomic E-state index is 11.7. The average molecular weight is 220 g/mol. The summed E-state index contributed by atoms with van der Waals surface area (Å²) in [4.78, 5) is 19.6. The minimum absolute atomic E-state index is 0.0925. The van der Waals surface area contributed by atoms with E-state index in [-0.39, 0.29) is 12.3 Å². The monoisotopic (exact) mass is 220 g/mol. The minimum atomic E-state index is -0.0925. The predicted octanol–water partition coefficient (Wildman–Crippen LogP) is 0.524. The highest BCUT2D eigenvalue weighted by Crippen LogP contribution is 2.17. The predicted molar refractivity (Wildman–Crippen MR) is 58.2 cm³/mol. The van der Waals surface area contributed by atoms with Crippen molar-refractivity contribution < 1.29 is 9.53 Å². The van der Waals surface area contributed by atoms with Crippen molar-refractivity contribution in [3.05, 3.63) is 18.1 Å². The number of carbonyl (C=O) groups is 1. The number of carbonyl (C=O) groups excluding carboxylic acids is 1. The molecule has 1 aromatic rings. The van der Waals surface area contributed by atoms with E-state index in [0.29, 0.717) is 18.1 Å². The van der Waals surface area contributed by atoms with Crippen molar-refractivity contribution in [1.82, 2.24) is 9.97 Å². The van der Waals surface area contributed by atoms with Crippen LogP contribution in [-0.2, 0) is 9.53 Å². The fourth-order valence-electron chi connectivity index (χ4n) is 1.46. The van der Waals surface area contributed by atoms with Crippen LogP contribution in [0.3, 0.4) is 0 Å². The number of nitrogens with zero attached hydrogens (tertiary/aromatic N) is 4. The van der Waals surface area contributed by atoms with E-state index in [0.717, 1.165) is 5.69 Å². The summed E-state index contributed by atoms with van der Waals surface area (Å²) < 4.78 is 4.94. The van der Waals surface area contributed by atoms with E-state index in [2.05, 4.69) is 15.1 Å². The van der Waals surface area contributed by atoms with Gasteiger partial charge in [-0.05, 0) is 6.92 Å². The third-order valence-corrected chi connectivity index (χ3v) is 2.15. The standard InChI is InChI=1S/C10H12N4O2/c1-7-3-9(12-6-11-7)14-10(15)4-8(13-14)5-16-2/h3,6H,4-5H2,1-2H3. The van der Waals surface area contributed by atoms with Crippen LogP contribution < -0.4 is 5.01 Å². The fourth-order valence-corrected chi connectivity index (χ4v) is 1.46. The molecule has 84 valence electrons. The zero-order valence-corrected chi connectivity index (χ0v) is 9.17. The Bertz CT molecular complexity index is 444. The van der Waals surface area contributed by atoms with Crippen LogP contribution in [-0.4, -0.2) is 35.3 Å². The molecule has 0 radical (unpaired) electrons. The van der Waals surface area contributed by atoms with E-state index in [9.17, 15) is 4.79 Å². The van der Waals surface area contributed by atoms with Crippen molar-refractivity contribution in [3.8, 4) is 0 Å². The number of hydrogen-bond donors (Lipinski definition) is 0. The second-order valence-corrected chi connectivity index (χ2v) is 3.50. The van der Waals surface area contributed by atoms with E-state index >= 15 is 0 Å². The molecule has 0 N–H and O–H groups in total. The number of amides is 1. The molecule has 0 aromatic carbocycles. The summed E-state index contributed by atoms with van der Waals surface area (Å²) in [6, 6.07) is 1.72. The van der Waals surface area contributed by atoms with E-state index in [1.807, 2.05) is 6.92 Å². The summed E-state index contributed by atoms with van der Waals surface area (Å²) in [6.07, 6.45) is 1.71. The molecule has 0 spiro atoms. The highest BCUT2D eigenvalue weighted by molar-refractivity contribution is 6.13. The molecule has 2 heterocycles. The van der Waals surface area contributed by atoms with E-state index in [4.69, 9.17) is 4.74 Å². The van der Waals surface area contributed by atoms with Crippen LogP contribution >= 0.6 is 0 Å². The number of hydrogen-bond acceptors (Lipinski definition) is 5. The molecule has 0 atom stereocenters. The molecule has 0 bridgehead atoms. The van der Waals surface area contributed by atoms with Gasteiger partial charge in [0.15, 0.2) is 5.82 Å². The molecule has 0 aliphatic carbocycles. The largest absolute Gasteiger partial charge is 0.379 e. The Kier molecular flexibility index (Phi) is 2.91. The Labute approximate surface area is 93.0 Å². The van der Waals surface area contributed by atoms with Gasteiger partial charge in [-0.2, -0.15) is 10.1 Å². The van der Waals surface area contributed by atoms with Crippen molar-refractivity contribution in [2.24, 2.45) is 5.10 Å². The first-order chi connectivity index (χ1) is 7.70. The van der Waals surface area contributed by atoms with Crippen molar-refractivity contribution in [2.75, 3.05) is 18.7 Å². The molecule has 0 unspecified atom stereocenters. The first-order valence-electron chi connectivity index (χ1n) is 4.87. The molecule has 1 amide bonds. The minimum Gasteiger partial charge on any atom is -0.379 e. The van der Waals surface area contributed by atoms with Gasteiger partial charge in [0.25, 0.3) is 5.91 Å². The zero-order chi connectivity index (χ0) is 11.5. The topological polar surface area (TPSA) is 67.7 Å². The number of anilines is 1. The van der Waals surface area contributed by atoms with Crippen molar-refractivity contribution in [3.63, 3.8) is 0 Å². The van der Waals surface area contributed by atoms with Crippen LogP contribution in [0.4, 0.5) is 5.82 Å². The molecule has 2 rings (SSSR count). The number of aromatic nitrogens is 2. The second kappa shape index (κ2) is 4.36. The Hall–Kier alpha value is -1.82. The van der Waals surface area contributed by atoms with Gasteiger partial charge in [0.2, 0.25) is 0 Å². The fraction of sp³-hybridized carbons (Fsp3) is 0.400. The van der Waals surface area contributed by atoms with Crippen LogP contribution in [0.15, 0.2) is 17.5 Å². The maximum Gasteiger partial charge on any atom is 0.254 e.